The summed E-state index contributed by atoms with van der Waals surface area (Å²) in [5.74, 6) is 0. The van der Waals surface area contributed by atoms with E-state index in [1.54, 1.807) is 6.92 Å². The minimum atomic E-state index is -1.86. The number of nitrogens with zero attached hydrogens (tertiary/aromatic N) is 1. The molecule has 3 nitrogen and oxygen atoms in total. The first-order valence-electron chi connectivity index (χ1n) is 7.91. The van der Waals surface area contributed by atoms with Crippen molar-refractivity contribution in [3.8, 4) is 0 Å². The lowest BCUT2D eigenvalue weighted by Crippen LogP contribution is -2.36. The topological polar surface area (TPSA) is 29.5 Å². The summed E-state index contributed by atoms with van der Waals surface area (Å²) in [4.78, 5) is 14.0. The smallest absolute Gasteiger partial charge is 0.411 e. The van der Waals surface area contributed by atoms with E-state index in [2.05, 4.69) is 0 Å². The minimum Gasteiger partial charge on any atom is -0.441 e. The van der Waals surface area contributed by atoms with Crippen LogP contribution in [-0.2, 0) is 11.3 Å². The van der Waals surface area contributed by atoms with Gasteiger partial charge >= 0.3 is 6.09 Å². The zero-order valence-electron chi connectivity index (χ0n) is 13.4. The fourth-order valence-corrected chi connectivity index (χ4v) is 2.89. The Labute approximate surface area is 146 Å². The van der Waals surface area contributed by atoms with Gasteiger partial charge in [0.2, 0.25) is 5.13 Å². The van der Waals surface area contributed by atoms with Crippen LogP contribution >= 0.6 is 11.6 Å². The Morgan fingerprint density at radius 3 is 2.33 bits per heavy atom. The third kappa shape index (κ3) is 3.88. The van der Waals surface area contributed by atoms with Crippen molar-refractivity contribution < 1.29 is 13.9 Å². The summed E-state index contributed by atoms with van der Waals surface area (Å²) in [5.41, 5.74) is 1.79. The molecule has 24 heavy (non-hydrogen) atoms. The quantitative estimate of drug-likeness (QED) is 0.707. The number of amides is 1. The molecule has 0 saturated heterocycles. The van der Waals surface area contributed by atoms with Crippen LogP contribution in [0.1, 0.15) is 30.6 Å². The average Bonchev–Trinajstić information content (AvgIpc) is 3.22. The monoisotopic (exact) mass is 347 g/mol. The molecule has 3 atom stereocenters. The van der Waals surface area contributed by atoms with Gasteiger partial charge in [0, 0.05) is 13.0 Å². The summed E-state index contributed by atoms with van der Waals surface area (Å²) in [6.45, 7) is 2.06. The van der Waals surface area contributed by atoms with Gasteiger partial charge in [0.05, 0.1) is 6.04 Å². The van der Waals surface area contributed by atoms with Gasteiger partial charge in [-0.15, -0.1) is 0 Å². The second kappa shape index (κ2) is 6.81. The molecule has 126 valence electrons. The van der Waals surface area contributed by atoms with Gasteiger partial charge in [-0.05, 0) is 18.1 Å². The van der Waals surface area contributed by atoms with Crippen molar-refractivity contribution in [3.63, 3.8) is 0 Å². The fraction of sp³-hybridized carbons (Fsp3) is 0.316. The average molecular weight is 348 g/mol. The van der Waals surface area contributed by atoms with Crippen molar-refractivity contribution in [2.75, 3.05) is 0 Å². The molecule has 0 radical (unpaired) electrons. The summed E-state index contributed by atoms with van der Waals surface area (Å²) in [5, 5.41) is -1.86. The Balaban J connectivity index is 1.72. The van der Waals surface area contributed by atoms with E-state index < -0.39 is 23.4 Å². The van der Waals surface area contributed by atoms with Crippen molar-refractivity contribution in [2.24, 2.45) is 0 Å². The number of carbonyl (C=O) groups excluding carboxylic acids is 1. The zero-order valence-corrected chi connectivity index (χ0v) is 14.1. The van der Waals surface area contributed by atoms with Crippen molar-refractivity contribution >= 4 is 17.7 Å². The Hall–Kier alpha value is -2.07. The standard InChI is InChI=1S/C19H19ClFNO2/c1-14(16-10-6-3-7-11-16)24-18(23)22(17-12-19(17,20)21)13-15-8-4-2-5-9-15/h2-11,14,17H,12-13H2,1H3/t14?,17?,19-/m0/s1. The minimum absolute atomic E-state index is 0.121. The van der Waals surface area contributed by atoms with Crippen molar-refractivity contribution in [1.82, 2.24) is 4.90 Å². The highest BCUT2D eigenvalue weighted by Crippen LogP contribution is 2.48. The summed E-state index contributed by atoms with van der Waals surface area (Å²) in [6, 6.07) is 18.2. The fourth-order valence-electron chi connectivity index (χ4n) is 2.63. The predicted molar refractivity (Wildman–Crippen MR) is 91.4 cm³/mol. The maximum absolute atomic E-state index is 14.0. The SMILES string of the molecule is CC(OC(=O)N(Cc1ccccc1)C1C[C@@]1(F)Cl)c1ccccc1. The highest BCUT2D eigenvalue weighted by atomic mass is 35.5. The van der Waals surface area contributed by atoms with Gasteiger partial charge < -0.3 is 4.74 Å². The molecule has 0 aromatic heterocycles. The summed E-state index contributed by atoms with van der Waals surface area (Å²) in [6.07, 6.45) is -0.851. The molecule has 1 aliphatic rings. The summed E-state index contributed by atoms with van der Waals surface area (Å²) >= 11 is 5.75. The Morgan fingerprint density at radius 1 is 1.25 bits per heavy atom. The zero-order chi connectivity index (χ0) is 17.2. The molecule has 0 spiro atoms. The number of hydrogen-bond acceptors (Lipinski definition) is 2. The Kier molecular flexibility index (Phi) is 4.76. The first-order valence-corrected chi connectivity index (χ1v) is 8.29. The molecule has 0 bridgehead atoms. The molecular formula is C19H19ClFNO2. The van der Waals surface area contributed by atoms with Gasteiger partial charge in [-0.25, -0.2) is 9.18 Å². The molecule has 0 N–H and O–H groups in total. The van der Waals surface area contributed by atoms with Crippen LogP contribution in [0.15, 0.2) is 60.7 Å². The van der Waals surface area contributed by atoms with E-state index in [9.17, 15) is 9.18 Å². The maximum atomic E-state index is 14.0. The number of halogens is 2. The molecule has 3 rings (SSSR count). The van der Waals surface area contributed by atoms with E-state index in [4.69, 9.17) is 16.3 Å². The van der Waals surface area contributed by atoms with E-state index >= 15 is 0 Å². The molecule has 1 saturated carbocycles. The first kappa shape index (κ1) is 16.8. The second-order valence-electron chi connectivity index (χ2n) is 6.03. The largest absolute Gasteiger partial charge is 0.441 e. The number of hydrogen-bond donors (Lipinski definition) is 0. The van der Waals surface area contributed by atoms with Gasteiger partial charge in [-0.3, -0.25) is 4.90 Å². The molecule has 2 aromatic carbocycles. The molecule has 5 heteroatoms. The lowest BCUT2D eigenvalue weighted by molar-refractivity contribution is 0.0614. The lowest BCUT2D eigenvalue weighted by atomic mass is 10.1. The first-order chi connectivity index (χ1) is 11.5. The highest BCUT2D eigenvalue weighted by Gasteiger charge is 2.59. The van der Waals surface area contributed by atoms with Crippen LogP contribution in [0.4, 0.5) is 9.18 Å². The van der Waals surface area contributed by atoms with Crippen LogP contribution in [-0.4, -0.2) is 22.2 Å². The van der Waals surface area contributed by atoms with Crippen molar-refractivity contribution in [1.29, 1.82) is 0 Å². The van der Waals surface area contributed by atoms with Crippen LogP contribution in [0, 0.1) is 0 Å². The van der Waals surface area contributed by atoms with E-state index in [1.165, 1.54) is 4.90 Å². The van der Waals surface area contributed by atoms with Gasteiger partial charge in [0.1, 0.15) is 6.10 Å². The van der Waals surface area contributed by atoms with Gasteiger partial charge in [-0.1, -0.05) is 72.3 Å². The molecule has 1 aliphatic carbocycles. The predicted octanol–water partition coefficient (Wildman–Crippen LogP) is 5.06. The number of benzene rings is 2. The summed E-state index contributed by atoms with van der Waals surface area (Å²) in [7, 11) is 0. The summed E-state index contributed by atoms with van der Waals surface area (Å²) < 4.78 is 19.5. The number of ether oxygens (including phenoxy) is 1. The van der Waals surface area contributed by atoms with Gasteiger partial charge in [-0.2, -0.15) is 0 Å². The lowest BCUT2D eigenvalue weighted by Gasteiger charge is -2.25. The second-order valence-corrected chi connectivity index (χ2v) is 6.66. The van der Waals surface area contributed by atoms with Crippen LogP contribution in [0.2, 0.25) is 0 Å². The molecule has 1 fully saturated rings. The maximum Gasteiger partial charge on any atom is 0.411 e. The molecule has 2 aromatic rings. The van der Waals surface area contributed by atoms with Gasteiger partial charge in [0.25, 0.3) is 0 Å². The van der Waals surface area contributed by atoms with E-state index in [0.717, 1.165) is 11.1 Å². The van der Waals surface area contributed by atoms with Crippen molar-refractivity contribution in [2.45, 2.75) is 37.2 Å². The molecule has 0 aliphatic heterocycles. The van der Waals surface area contributed by atoms with E-state index in [0.29, 0.717) is 0 Å². The third-order valence-corrected chi connectivity index (χ3v) is 4.55. The molecule has 2 unspecified atom stereocenters. The van der Waals surface area contributed by atoms with E-state index in [-0.39, 0.29) is 13.0 Å². The van der Waals surface area contributed by atoms with Crippen LogP contribution in [0.5, 0.6) is 0 Å². The normalized spacial score (nSPS) is 23.4. The molecular weight excluding hydrogens is 329 g/mol. The van der Waals surface area contributed by atoms with Crippen LogP contribution < -0.4 is 0 Å². The Bertz CT molecular complexity index is 693. The third-order valence-electron chi connectivity index (χ3n) is 4.15. The number of carbonyl (C=O) groups is 1. The van der Waals surface area contributed by atoms with Crippen molar-refractivity contribution in [3.05, 3.63) is 71.8 Å². The highest BCUT2D eigenvalue weighted by molar-refractivity contribution is 6.25. The van der Waals surface area contributed by atoms with E-state index in [1.807, 2.05) is 60.7 Å². The molecule has 0 heterocycles. The Morgan fingerprint density at radius 2 is 1.79 bits per heavy atom. The van der Waals surface area contributed by atoms with Crippen LogP contribution in [0.25, 0.3) is 0 Å². The van der Waals surface area contributed by atoms with Crippen LogP contribution in [0.3, 0.4) is 0 Å². The molecule has 1 amide bonds. The number of rotatable bonds is 5. The van der Waals surface area contributed by atoms with Gasteiger partial charge in [0.15, 0.2) is 0 Å². The number of alkyl halides is 2.